The molecule has 0 radical (unpaired) electrons. The van der Waals surface area contributed by atoms with Crippen molar-refractivity contribution >= 4 is 46.5 Å². The number of methoxy groups -OCH3 is 1. The van der Waals surface area contributed by atoms with Crippen molar-refractivity contribution in [2.24, 2.45) is 0 Å². The maximum atomic E-state index is 6.11. The number of ether oxygens (including phenoxy) is 1. The number of benzene rings is 1. The standard InChI is InChI=1S/C13H16ClN3OS3/c1-18-6-5-15-8-9-3-4-10(14)7-11(9)20-13-17-16-12(19-2)21-13/h3-4,7,15H,5-6,8H2,1-2H3. The molecule has 0 fully saturated rings. The highest BCUT2D eigenvalue weighted by atomic mass is 35.5. The monoisotopic (exact) mass is 361 g/mol. The molecule has 4 nitrogen and oxygen atoms in total. The van der Waals surface area contributed by atoms with Crippen LogP contribution in [0.4, 0.5) is 0 Å². The summed E-state index contributed by atoms with van der Waals surface area (Å²) in [6.07, 6.45) is 2.00. The third kappa shape index (κ3) is 5.43. The quantitative estimate of drug-likeness (QED) is 0.570. The van der Waals surface area contributed by atoms with Crippen molar-refractivity contribution in [1.29, 1.82) is 0 Å². The fourth-order valence-corrected chi connectivity index (χ4v) is 4.38. The van der Waals surface area contributed by atoms with Crippen LogP contribution in [-0.4, -0.2) is 36.7 Å². The van der Waals surface area contributed by atoms with Gasteiger partial charge in [-0.1, -0.05) is 52.5 Å². The van der Waals surface area contributed by atoms with E-state index in [0.29, 0.717) is 6.61 Å². The molecular weight excluding hydrogens is 346 g/mol. The Bertz CT molecular complexity index is 580. The molecule has 8 heteroatoms. The normalized spacial score (nSPS) is 11.0. The second-order valence-electron chi connectivity index (χ2n) is 4.06. The summed E-state index contributed by atoms with van der Waals surface area (Å²) >= 11 is 10.9. The van der Waals surface area contributed by atoms with Gasteiger partial charge in [-0.2, -0.15) is 0 Å². The van der Waals surface area contributed by atoms with Crippen LogP contribution in [0.3, 0.4) is 0 Å². The van der Waals surface area contributed by atoms with Crippen LogP contribution in [0.1, 0.15) is 5.56 Å². The van der Waals surface area contributed by atoms with Gasteiger partial charge in [0.15, 0.2) is 8.68 Å². The lowest BCUT2D eigenvalue weighted by atomic mass is 10.2. The van der Waals surface area contributed by atoms with E-state index < -0.39 is 0 Å². The predicted octanol–water partition coefficient (Wildman–Crippen LogP) is 3.80. The molecule has 0 saturated heterocycles. The summed E-state index contributed by atoms with van der Waals surface area (Å²) in [6.45, 7) is 2.29. The number of nitrogens with zero attached hydrogens (tertiary/aromatic N) is 2. The Kier molecular flexibility index (Phi) is 7.28. The lowest BCUT2D eigenvalue weighted by Crippen LogP contribution is -2.18. The van der Waals surface area contributed by atoms with E-state index in [9.17, 15) is 0 Å². The van der Waals surface area contributed by atoms with Gasteiger partial charge in [0.25, 0.3) is 0 Å². The molecule has 0 unspecified atom stereocenters. The first-order valence-corrected chi connectivity index (χ1v) is 9.50. The Morgan fingerprint density at radius 1 is 1.33 bits per heavy atom. The van der Waals surface area contributed by atoms with Crippen molar-refractivity contribution < 1.29 is 4.74 Å². The average Bonchev–Trinajstić information content (AvgIpc) is 2.93. The number of nitrogens with one attached hydrogen (secondary N) is 1. The van der Waals surface area contributed by atoms with Crippen molar-refractivity contribution in [3.05, 3.63) is 28.8 Å². The van der Waals surface area contributed by atoms with Crippen molar-refractivity contribution in [3.8, 4) is 0 Å². The van der Waals surface area contributed by atoms with Gasteiger partial charge < -0.3 is 10.1 Å². The van der Waals surface area contributed by atoms with Crippen LogP contribution in [0, 0.1) is 0 Å². The zero-order chi connectivity index (χ0) is 15.1. The van der Waals surface area contributed by atoms with Crippen LogP contribution >= 0.6 is 46.5 Å². The Balaban J connectivity index is 2.07. The van der Waals surface area contributed by atoms with Gasteiger partial charge in [-0.25, -0.2) is 0 Å². The number of thioether (sulfide) groups is 1. The second-order valence-corrected chi connectivity index (χ2v) is 7.82. The van der Waals surface area contributed by atoms with Gasteiger partial charge in [-0.05, 0) is 24.0 Å². The molecule has 1 aromatic carbocycles. The number of rotatable bonds is 8. The largest absolute Gasteiger partial charge is 0.383 e. The average molecular weight is 362 g/mol. The van der Waals surface area contributed by atoms with E-state index in [1.54, 1.807) is 42.0 Å². The Hall–Kier alpha value is -0.310. The maximum Gasteiger partial charge on any atom is 0.179 e. The first-order valence-electron chi connectivity index (χ1n) is 6.26. The van der Waals surface area contributed by atoms with Crippen molar-refractivity contribution in [1.82, 2.24) is 15.5 Å². The number of aromatic nitrogens is 2. The van der Waals surface area contributed by atoms with E-state index >= 15 is 0 Å². The number of hydrogen-bond acceptors (Lipinski definition) is 7. The summed E-state index contributed by atoms with van der Waals surface area (Å²) in [5.74, 6) is 0. The highest BCUT2D eigenvalue weighted by molar-refractivity contribution is 8.03. The maximum absolute atomic E-state index is 6.11. The molecule has 0 aliphatic heterocycles. The summed E-state index contributed by atoms with van der Waals surface area (Å²) < 4.78 is 6.93. The van der Waals surface area contributed by atoms with E-state index in [-0.39, 0.29) is 0 Å². The molecule has 1 heterocycles. The van der Waals surface area contributed by atoms with Crippen LogP contribution in [0.5, 0.6) is 0 Å². The molecule has 2 aromatic rings. The van der Waals surface area contributed by atoms with Crippen LogP contribution < -0.4 is 5.32 Å². The van der Waals surface area contributed by atoms with Gasteiger partial charge >= 0.3 is 0 Å². The fraction of sp³-hybridized carbons (Fsp3) is 0.385. The molecule has 0 aliphatic rings. The Morgan fingerprint density at radius 2 is 2.14 bits per heavy atom. The summed E-state index contributed by atoms with van der Waals surface area (Å²) in [5, 5.41) is 12.4. The molecule has 1 N–H and O–H groups in total. The van der Waals surface area contributed by atoms with Gasteiger partial charge in [0.2, 0.25) is 0 Å². The number of hydrogen-bond donors (Lipinski definition) is 1. The molecular formula is C13H16ClN3OS3. The smallest absolute Gasteiger partial charge is 0.179 e. The second kappa shape index (κ2) is 8.97. The lowest BCUT2D eigenvalue weighted by Gasteiger charge is -2.09. The molecule has 0 amide bonds. The van der Waals surface area contributed by atoms with Gasteiger partial charge in [0.05, 0.1) is 6.61 Å². The van der Waals surface area contributed by atoms with Gasteiger partial charge in [-0.3, -0.25) is 0 Å². The van der Waals surface area contributed by atoms with Crippen molar-refractivity contribution in [3.63, 3.8) is 0 Å². The SMILES string of the molecule is COCCNCc1ccc(Cl)cc1Sc1nnc(SC)s1. The number of halogens is 1. The van der Waals surface area contributed by atoms with Crippen LogP contribution in [0.2, 0.25) is 5.02 Å². The highest BCUT2D eigenvalue weighted by Crippen LogP contribution is 2.35. The van der Waals surface area contributed by atoms with E-state index in [1.165, 1.54) is 5.56 Å². The minimum absolute atomic E-state index is 0.698. The Labute approximate surface area is 142 Å². The van der Waals surface area contributed by atoms with E-state index in [2.05, 4.69) is 15.5 Å². The van der Waals surface area contributed by atoms with E-state index in [1.807, 2.05) is 24.5 Å². The molecule has 0 atom stereocenters. The predicted molar refractivity (Wildman–Crippen MR) is 90.8 cm³/mol. The van der Waals surface area contributed by atoms with Gasteiger partial charge in [0.1, 0.15) is 0 Å². The molecule has 21 heavy (non-hydrogen) atoms. The first kappa shape index (κ1) is 17.1. The third-order valence-corrected chi connectivity index (χ3v) is 5.87. The summed E-state index contributed by atoms with van der Waals surface area (Å²) in [7, 11) is 1.70. The zero-order valence-corrected chi connectivity index (χ0v) is 15.0. The zero-order valence-electron chi connectivity index (χ0n) is 11.8. The van der Waals surface area contributed by atoms with Crippen molar-refractivity contribution in [2.45, 2.75) is 20.1 Å². The van der Waals surface area contributed by atoms with E-state index in [0.717, 1.165) is 31.7 Å². The van der Waals surface area contributed by atoms with Gasteiger partial charge in [0, 0.05) is 30.1 Å². The summed E-state index contributed by atoms with van der Waals surface area (Å²) in [4.78, 5) is 1.11. The highest BCUT2D eigenvalue weighted by Gasteiger charge is 2.10. The van der Waals surface area contributed by atoms with E-state index in [4.69, 9.17) is 16.3 Å². The molecule has 2 rings (SSSR count). The molecule has 0 saturated carbocycles. The molecule has 0 spiro atoms. The first-order chi connectivity index (χ1) is 10.2. The topological polar surface area (TPSA) is 47.0 Å². The molecule has 0 aliphatic carbocycles. The van der Waals surface area contributed by atoms with Crippen molar-refractivity contribution in [2.75, 3.05) is 26.5 Å². The fourth-order valence-electron chi connectivity index (χ4n) is 1.58. The summed E-state index contributed by atoms with van der Waals surface area (Å²) in [5.41, 5.74) is 1.20. The molecule has 114 valence electrons. The van der Waals surface area contributed by atoms with Gasteiger partial charge in [-0.15, -0.1) is 10.2 Å². The molecule has 0 bridgehead atoms. The molecule has 1 aromatic heterocycles. The van der Waals surface area contributed by atoms with Crippen LogP contribution in [0.15, 0.2) is 31.8 Å². The third-order valence-electron chi connectivity index (χ3n) is 2.59. The van der Waals surface area contributed by atoms with Crippen LogP contribution in [-0.2, 0) is 11.3 Å². The summed E-state index contributed by atoms with van der Waals surface area (Å²) in [6, 6.07) is 5.92. The minimum Gasteiger partial charge on any atom is -0.383 e. The minimum atomic E-state index is 0.698. The lowest BCUT2D eigenvalue weighted by molar-refractivity contribution is 0.199. The van der Waals surface area contributed by atoms with Crippen LogP contribution in [0.25, 0.3) is 0 Å². The Morgan fingerprint density at radius 3 is 2.86 bits per heavy atom.